The van der Waals surface area contributed by atoms with Crippen LogP contribution in [-0.2, 0) is 20.2 Å². The van der Waals surface area contributed by atoms with Crippen LogP contribution in [-0.4, -0.2) is 36.2 Å². The Morgan fingerprint density at radius 2 is 1.44 bits per heavy atom. The second kappa shape index (κ2) is 6.40. The lowest BCUT2D eigenvalue weighted by atomic mass is 10.2. The molecule has 0 saturated carbocycles. The van der Waals surface area contributed by atoms with Gasteiger partial charge in [0.1, 0.15) is 22.0 Å². The van der Waals surface area contributed by atoms with Gasteiger partial charge in [0.2, 0.25) is 0 Å². The molecule has 10 nitrogen and oxygen atoms in total. The minimum absolute atomic E-state index is 0.0370. The molecule has 0 atom stereocenters. The fourth-order valence-corrected chi connectivity index (χ4v) is 3.04. The van der Waals surface area contributed by atoms with E-state index in [0.29, 0.717) is 17.7 Å². The summed E-state index contributed by atoms with van der Waals surface area (Å²) in [4.78, 5) is -2.11. The molecule has 0 radical (unpaired) electrons. The summed E-state index contributed by atoms with van der Waals surface area (Å²) in [7, 11) is -9.87. The number of hydrogen-bond acceptors (Lipinski definition) is 8. The second-order valence-corrected chi connectivity index (χ2v) is 7.74. The molecule has 0 fully saturated rings. The molecule has 2 aromatic carbocycles. The van der Waals surface area contributed by atoms with Crippen LogP contribution in [0.25, 0.3) is 0 Å². The molecule has 0 heterocycles. The quantitative estimate of drug-likeness (QED) is 0.456. The van der Waals surface area contributed by atoms with Crippen molar-refractivity contribution < 1.29 is 36.2 Å². The zero-order valence-corrected chi connectivity index (χ0v) is 14.2. The molecule has 25 heavy (non-hydrogen) atoms. The van der Waals surface area contributed by atoms with E-state index in [9.17, 15) is 27.0 Å². The van der Waals surface area contributed by atoms with E-state index in [1.54, 1.807) is 13.0 Å². The van der Waals surface area contributed by atoms with Crippen LogP contribution >= 0.6 is 0 Å². The highest BCUT2D eigenvalue weighted by Crippen LogP contribution is 2.38. The molecule has 0 unspecified atom stereocenters. The molecule has 2 aromatic rings. The van der Waals surface area contributed by atoms with Crippen molar-refractivity contribution in [3.8, 4) is 11.5 Å². The Bertz CT molecular complexity index is 1080. The summed E-state index contributed by atoms with van der Waals surface area (Å²) in [6.07, 6.45) is 0. The predicted molar refractivity (Wildman–Crippen MR) is 84.8 cm³/mol. The maximum absolute atomic E-state index is 11.3. The van der Waals surface area contributed by atoms with Gasteiger partial charge in [-0.25, -0.2) is 0 Å². The van der Waals surface area contributed by atoms with Crippen molar-refractivity contribution in [3.05, 3.63) is 35.9 Å². The zero-order valence-electron chi connectivity index (χ0n) is 12.5. The first kappa shape index (κ1) is 18.8. The van der Waals surface area contributed by atoms with Crippen LogP contribution in [0.2, 0.25) is 0 Å². The Hall–Kier alpha value is -2.54. The number of aromatic hydroxyl groups is 2. The van der Waals surface area contributed by atoms with Crippen LogP contribution in [0.3, 0.4) is 0 Å². The minimum atomic E-state index is -5.01. The van der Waals surface area contributed by atoms with E-state index in [1.807, 2.05) is 0 Å². The van der Waals surface area contributed by atoms with E-state index in [1.165, 1.54) is 12.1 Å². The van der Waals surface area contributed by atoms with Crippen molar-refractivity contribution in [2.75, 3.05) is 0 Å². The number of phenolic OH excluding ortho intramolecular Hbond substituents is 2. The Morgan fingerprint density at radius 3 is 2.00 bits per heavy atom. The van der Waals surface area contributed by atoms with Gasteiger partial charge in [-0.15, -0.1) is 10.2 Å². The van der Waals surface area contributed by atoms with E-state index >= 15 is 0 Å². The summed E-state index contributed by atoms with van der Waals surface area (Å²) < 4.78 is 63.1. The van der Waals surface area contributed by atoms with Crippen molar-refractivity contribution in [1.29, 1.82) is 0 Å². The molecular weight excluding hydrogens is 376 g/mol. The molecule has 0 amide bonds. The highest BCUT2D eigenvalue weighted by atomic mass is 32.2. The van der Waals surface area contributed by atoms with Gasteiger partial charge in [0.15, 0.2) is 5.75 Å². The largest absolute Gasteiger partial charge is 0.506 e. The first-order valence-electron chi connectivity index (χ1n) is 6.43. The average molecular weight is 388 g/mol. The molecular formula is C13H12N2O8S2. The van der Waals surface area contributed by atoms with Gasteiger partial charge in [0.05, 0.1) is 4.90 Å². The van der Waals surface area contributed by atoms with Crippen LogP contribution < -0.4 is 0 Å². The lowest BCUT2D eigenvalue weighted by Crippen LogP contribution is -2.03. The van der Waals surface area contributed by atoms with E-state index in [4.69, 9.17) is 9.11 Å². The maximum Gasteiger partial charge on any atom is 0.298 e. The minimum Gasteiger partial charge on any atom is -0.506 e. The first-order valence-corrected chi connectivity index (χ1v) is 9.31. The maximum atomic E-state index is 11.3. The standard InChI is InChI=1S/C13H12N2O8S2/c1-7-2-3-11(16)9(4-7)14-15-10-5-8(24(18,19)20)6-12(13(10)17)25(21,22)23/h2-6,16-17H,1H3,(H,18,19,20)(H,21,22,23). The molecule has 2 rings (SSSR count). The van der Waals surface area contributed by atoms with Crippen molar-refractivity contribution in [3.63, 3.8) is 0 Å². The van der Waals surface area contributed by atoms with E-state index < -0.39 is 41.5 Å². The van der Waals surface area contributed by atoms with Crippen molar-refractivity contribution in [2.24, 2.45) is 10.2 Å². The Kier molecular flexibility index (Phi) is 4.81. The number of phenols is 2. The van der Waals surface area contributed by atoms with Crippen LogP contribution in [0.4, 0.5) is 11.4 Å². The highest BCUT2D eigenvalue weighted by molar-refractivity contribution is 7.86. The van der Waals surface area contributed by atoms with Crippen molar-refractivity contribution >= 4 is 31.6 Å². The van der Waals surface area contributed by atoms with Gasteiger partial charge in [-0.05, 0) is 36.8 Å². The van der Waals surface area contributed by atoms with Gasteiger partial charge in [-0.3, -0.25) is 9.11 Å². The van der Waals surface area contributed by atoms with Crippen molar-refractivity contribution in [1.82, 2.24) is 0 Å². The van der Waals surface area contributed by atoms with Gasteiger partial charge in [0, 0.05) is 0 Å². The molecule has 4 N–H and O–H groups in total. The molecule has 0 aromatic heterocycles. The number of benzene rings is 2. The predicted octanol–water partition coefficient (Wildman–Crippen LogP) is 2.32. The molecule has 0 aliphatic rings. The summed E-state index contributed by atoms with van der Waals surface area (Å²) in [6, 6.07) is 5.34. The molecule has 0 aliphatic heterocycles. The highest BCUT2D eigenvalue weighted by Gasteiger charge is 2.24. The topological polar surface area (TPSA) is 174 Å². The summed E-state index contributed by atoms with van der Waals surface area (Å²) in [5.74, 6) is -1.35. The van der Waals surface area contributed by atoms with Gasteiger partial charge in [-0.2, -0.15) is 16.8 Å². The number of aryl methyl sites for hydroxylation is 1. The Balaban J connectivity index is 2.68. The van der Waals surface area contributed by atoms with Gasteiger partial charge in [0.25, 0.3) is 20.2 Å². The summed E-state index contributed by atoms with van der Waals surface area (Å²) >= 11 is 0. The van der Waals surface area contributed by atoms with Gasteiger partial charge in [-0.1, -0.05) is 6.07 Å². The lowest BCUT2D eigenvalue weighted by Gasteiger charge is -2.07. The SMILES string of the molecule is Cc1ccc(O)c(N=Nc2cc(S(=O)(=O)O)cc(S(=O)(=O)O)c2O)c1. The average Bonchev–Trinajstić information content (AvgIpc) is 2.47. The summed E-state index contributed by atoms with van der Waals surface area (Å²) in [5, 5.41) is 26.6. The number of hydrogen-bond donors (Lipinski definition) is 4. The van der Waals surface area contributed by atoms with Gasteiger partial charge >= 0.3 is 0 Å². The normalized spacial score (nSPS) is 12.6. The third kappa shape index (κ3) is 4.30. The Morgan fingerprint density at radius 1 is 0.840 bits per heavy atom. The summed E-state index contributed by atoms with van der Waals surface area (Å²) in [6.45, 7) is 1.70. The lowest BCUT2D eigenvalue weighted by molar-refractivity contribution is 0.442. The molecule has 12 heteroatoms. The van der Waals surface area contributed by atoms with E-state index in [0.717, 1.165) is 0 Å². The number of nitrogens with zero attached hydrogens (tertiary/aromatic N) is 2. The van der Waals surface area contributed by atoms with Crippen LogP contribution in [0.5, 0.6) is 11.5 Å². The smallest absolute Gasteiger partial charge is 0.298 e. The van der Waals surface area contributed by atoms with Crippen LogP contribution in [0.15, 0.2) is 50.4 Å². The van der Waals surface area contributed by atoms with E-state index in [2.05, 4.69) is 10.2 Å². The van der Waals surface area contributed by atoms with Crippen LogP contribution in [0, 0.1) is 6.92 Å². The van der Waals surface area contributed by atoms with E-state index in [-0.39, 0.29) is 11.4 Å². The molecule has 0 aliphatic carbocycles. The summed E-state index contributed by atoms with van der Waals surface area (Å²) in [5.41, 5.74) is 0.00926. The fraction of sp³-hybridized carbons (Fsp3) is 0.0769. The fourth-order valence-electron chi connectivity index (χ4n) is 1.81. The monoisotopic (exact) mass is 388 g/mol. The second-order valence-electron chi connectivity index (χ2n) is 4.93. The molecule has 134 valence electrons. The third-order valence-corrected chi connectivity index (χ3v) is 4.70. The molecule has 0 spiro atoms. The van der Waals surface area contributed by atoms with Crippen LogP contribution in [0.1, 0.15) is 5.56 Å². The number of rotatable bonds is 4. The zero-order chi connectivity index (χ0) is 19.0. The first-order chi connectivity index (χ1) is 11.4. The van der Waals surface area contributed by atoms with Gasteiger partial charge < -0.3 is 10.2 Å². The Labute approximate surface area is 142 Å². The molecule has 0 saturated heterocycles. The molecule has 0 bridgehead atoms. The third-order valence-electron chi connectivity index (χ3n) is 3.00. The number of azo groups is 1. The van der Waals surface area contributed by atoms with Crippen molar-refractivity contribution in [2.45, 2.75) is 16.7 Å².